The van der Waals surface area contributed by atoms with E-state index in [0.717, 1.165) is 18.2 Å². The number of sulfone groups is 1. The largest absolute Gasteiger partial charge is 0.302 e. The molecule has 1 fully saturated rings. The van der Waals surface area contributed by atoms with Crippen molar-refractivity contribution in [3.8, 4) is 0 Å². The molecule has 5 nitrogen and oxygen atoms in total. The molecule has 134 valence electrons. The highest BCUT2D eigenvalue weighted by atomic mass is 32.2. The van der Waals surface area contributed by atoms with Gasteiger partial charge in [0.15, 0.2) is 15.0 Å². The van der Waals surface area contributed by atoms with Crippen molar-refractivity contribution < 1.29 is 17.6 Å². The van der Waals surface area contributed by atoms with Crippen LogP contribution in [-0.2, 0) is 14.6 Å². The third kappa shape index (κ3) is 3.34. The molecular weight excluding hydrogens is 375 g/mol. The lowest BCUT2D eigenvalue weighted by Crippen LogP contribution is -2.14. The number of aromatic nitrogens is 1. The van der Waals surface area contributed by atoms with Gasteiger partial charge in [0, 0.05) is 12.2 Å². The lowest BCUT2D eigenvalue weighted by Gasteiger charge is -2.01. The van der Waals surface area contributed by atoms with Crippen LogP contribution < -0.4 is 5.32 Å². The smallest absolute Gasteiger partial charge is 0.229 e. The minimum Gasteiger partial charge on any atom is -0.302 e. The predicted molar refractivity (Wildman–Crippen MR) is 98.6 cm³/mol. The van der Waals surface area contributed by atoms with E-state index in [9.17, 15) is 17.6 Å². The Morgan fingerprint density at radius 3 is 2.65 bits per heavy atom. The van der Waals surface area contributed by atoms with Gasteiger partial charge in [-0.3, -0.25) is 4.79 Å². The molecule has 1 aliphatic carbocycles. The van der Waals surface area contributed by atoms with Crippen molar-refractivity contribution in [2.24, 2.45) is 5.92 Å². The number of thiazole rings is 1. The number of fused-ring (bicyclic) bond motifs is 1. The Bertz CT molecular complexity index is 1110. The molecule has 1 N–H and O–H groups in total. The fraction of sp³-hybridized carbons (Fsp3) is 0.222. The van der Waals surface area contributed by atoms with Gasteiger partial charge in [-0.25, -0.2) is 17.8 Å². The van der Waals surface area contributed by atoms with Gasteiger partial charge in [0.05, 0.1) is 15.1 Å². The molecule has 1 saturated carbocycles. The number of hydrogen-bond donors (Lipinski definition) is 1. The van der Waals surface area contributed by atoms with Gasteiger partial charge in [-0.05, 0) is 48.2 Å². The van der Waals surface area contributed by atoms with Gasteiger partial charge in [0.1, 0.15) is 5.82 Å². The van der Waals surface area contributed by atoms with E-state index in [1.165, 1.54) is 29.5 Å². The summed E-state index contributed by atoms with van der Waals surface area (Å²) in [6, 6.07) is 10.9. The molecule has 4 rings (SSSR count). The fourth-order valence-corrected chi connectivity index (χ4v) is 4.58. The molecule has 0 bridgehead atoms. The molecule has 1 amide bonds. The van der Waals surface area contributed by atoms with Crippen LogP contribution in [0, 0.1) is 11.7 Å². The van der Waals surface area contributed by atoms with Gasteiger partial charge < -0.3 is 5.32 Å². The monoisotopic (exact) mass is 390 g/mol. The highest BCUT2D eigenvalue weighted by Crippen LogP contribution is 2.48. The maximum atomic E-state index is 13.0. The van der Waals surface area contributed by atoms with Gasteiger partial charge in [0.2, 0.25) is 5.91 Å². The lowest BCUT2D eigenvalue weighted by molar-refractivity contribution is -0.117. The van der Waals surface area contributed by atoms with Gasteiger partial charge in [-0.1, -0.05) is 23.5 Å². The zero-order valence-electron chi connectivity index (χ0n) is 13.8. The summed E-state index contributed by atoms with van der Waals surface area (Å²) in [7, 11) is -3.29. The third-order valence-electron chi connectivity index (χ3n) is 4.44. The molecule has 2 aromatic carbocycles. The van der Waals surface area contributed by atoms with Crippen molar-refractivity contribution in [2.75, 3.05) is 11.6 Å². The molecule has 2 atom stereocenters. The summed E-state index contributed by atoms with van der Waals surface area (Å²) in [4.78, 5) is 17.0. The first kappa shape index (κ1) is 17.1. The molecule has 2 unspecified atom stereocenters. The number of halogens is 1. The van der Waals surface area contributed by atoms with Crippen LogP contribution in [0.3, 0.4) is 0 Å². The Morgan fingerprint density at radius 1 is 1.23 bits per heavy atom. The fourth-order valence-electron chi connectivity index (χ4n) is 2.95. The minimum atomic E-state index is -3.29. The van der Waals surface area contributed by atoms with Crippen molar-refractivity contribution in [3.05, 3.63) is 53.8 Å². The third-order valence-corrected chi connectivity index (χ3v) is 6.49. The van der Waals surface area contributed by atoms with Crippen molar-refractivity contribution >= 4 is 42.4 Å². The topological polar surface area (TPSA) is 76.1 Å². The second-order valence-electron chi connectivity index (χ2n) is 6.41. The minimum absolute atomic E-state index is 0.0989. The van der Waals surface area contributed by atoms with Crippen LogP contribution in [0.4, 0.5) is 9.52 Å². The Labute approximate surface area is 153 Å². The van der Waals surface area contributed by atoms with E-state index in [-0.39, 0.29) is 28.5 Å². The van der Waals surface area contributed by atoms with Gasteiger partial charge in [0.25, 0.3) is 0 Å². The van der Waals surface area contributed by atoms with Crippen LogP contribution in [0.15, 0.2) is 47.4 Å². The molecule has 8 heteroatoms. The summed E-state index contributed by atoms with van der Waals surface area (Å²) in [5.41, 5.74) is 1.59. The number of carbonyl (C=O) groups is 1. The summed E-state index contributed by atoms with van der Waals surface area (Å²) in [6.07, 6.45) is 1.88. The molecule has 0 spiro atoms. The highest BCUT2D eigenvalue weighted by Gasteiger charge is 2.44. The van der Waals surface area contributed by atoms with Crippen molar-refractivity contribution in [1.29, 1.82) is 0 Å². The lowest BCUT2D eigenvalue weighted by atomic mass is 10.1. The predicted octanol–water partition coefficient (Wildman–Crippen LogP) is 3.58. The van der Waals surface area contributed by atoms with Gasteiger partial charge in [-0.15, -0.1) is 0 Å². The molecule has 0 aliphatic heterocycles. The first-order valence-corrected chi connectivity index (χ1v) is 10.7. The quantitative estimate of drug-likeness (QED) is 0.739. The summed E-state index contributed by atoms with van der Waals surface area (Å²) >= 11 is 1.24. The zero-order chi connectivity index (χ0) is 18.5. The standard InChI is InChI=1S/C18H15FN2O3S2/c1-26(23,24)12-6-7-15-16(8-12)25-18(20-15)21-17(22)14-9-13(14)10-2-4-11(19)5-3-10/h2-8,13-14H,9H2,1H3,(H,20,21,22). The number of anilines is 1. The molecule has 0 radical (unpaired) electrons. The number of amides is 1. The van der Waals surface area contributed by atoms with Crippen LogP contribution >= 0.6 is 11.3 Å². The zero-order valence-corrected chi connectivity index (χ0v) is 15.4. The Kier molecular flexibility index (Phi) is 4.04. The summed E-state index contributed by atoms with van der Waals surface area (Å²) in [5, 5.41) is 3.25. The van der Waals surface area contributed by atoms with E-state index < -0.39 is 9.84 Å². The summed E-state index contributed by atoms with van der Waals surface area (Å²) in [6.45, 7) is 0. The van der Waals surface area contributed by atoms with Crippen LogP contribution in [0.1, 0.15) is 17.9 Å². The molecule has 3 aromatic rings. The summed E-state index contributed by atoms with van der Waals surface area (Å²) in [5.74, 6) is -0.471. The van der Waals surface area contributed by atoms with E-state index in [2.05, 4.69) is 10.3 Å². The maximum absolute atomic E-state index is 13.0. The van der Waals surface area contributed by atoms with Gasteiger partial charge >= 0.3 is 0 Å². The van der Waals surface area contributed by atoms with E-state index in [4.69, 9.17) is 0 Å². The maximum Gasteiger partial charge on any atom is 0.229 e. The normalized spacial score (nSPS) is 19.5. The average molecular weight is 390 g/mol. The highest BCUT2D eigenvalue weighted by molar-refractivity contribution is 7.90. The number of nitrogens with one attached hydrogen (secondary N) is 1. The average Bonchev–Trinajstić information content (AvgIpc) is 3.27. The van der Waals surface area contributed by atoms with E-state index in [0.29, 0.717) is 15.3 Å². The van der Waals surface area contributed by atoms with E-state index in [1.807, 2.05) is 0 Å². The van der Waals surface area contributed by atoms with Crippen molar-refractivity contribution in [2.45, 2.75) is 17.2 Å². The molecule has 0 saturated heterocycles. The molecule has 26 heavy (non-hydrogen) atoms. The molecular formula is C18H15FN2O3S2. The van der Waals surface area contributed by atoms with Crippen LogP contribution in [0.5, 0.6) is 0 Å². The number of rotatable bonds is 4. The van der Waals surface area contributed by atoms with E-state index in [1.54, 1.807) is 24.3 Å². The first-order valence-electron chi connectivity index (χ1n) is 7.98. The second-order valence-corrected chi connectivity index (χ2v) is 9.46. The Hall–Kier alpha value is -2.32. The van der Waals surface area contributed by atoms with Crippen molar-refractivity contribution in [1.82, 2.24) is 4.98 Å². The summed E-state index contributed by atoms with van der Waals surface area (Å²) < 4.78 is 37.0. The molecule has 1 aliphatic rings. The van der Waals surface area contributed by atoms with Crippen LogP contribution in [0.25, 0.3) is 10.2 Å². The molecule has 1 heterocycles. The SMILES string of the molecule is CS(=O)(=O)c1ccc2nc(NC(=O)C3CC3c3ccc(F)cc3)sc2c1. The Balaban J connectivity index is 1.49. The van der Waals surface area contributed by atoms with Crippen molar-refractivity contribution in [3.63, 3.8) is 0 Å². The van der Waals surface area contributed by atoms with Crippen LogP contribution in [0.2, 0.25) is 0 Å². The first-order chi connectivity index (χ1) is 12.3. The number of nitrogens with zero attached hydrogens (tertiary/aromatic N) is 1. The molecule has 1 aromatic heterocycles. The number of carbonyl (C=O) groups excluding carboxylic acids is 1. The van der Waals surface area contributed by atoms with E-state index >= 15 is 0 Å². The Morgan fingerprint density at radius 2 is 1.96 bits per heavy atom. The second kappa shape index (κ2) is 6.14. The van der Waals surface area contributed by atoms with Crippen LogP contribution in [-0.4, -0.2) is 25.6 Å². The number of benzene rings is 2. The van der Waals surface area contributed by atoms with Gasteiger partial charge in [-0.2, -0.15) is 0 Å². The number of hydrogen-bond acceptors (Lipinski definition) is 5.